The molecule has 2 rings (SSSR count). The molecule has 19 heavy (non-hydrogen) atoms. The summed E-state index contributed by atoms with van der Waals surface area (Å²) >= 11 is 1.63. The molecule has 0 saturated carbocycles. The van der Waals surface area contributed by atoms with E-state index in [-0.39, 0.29) is 5.91 Å². The molecule has 0 aliphatic carbocycles. The lowest BCUT2D eigenvalue weighted by Gasteiger charge is -2.18. The molecular weight excluding hydrogens is 256 g/mol. The number of carbonyl (C=O) groups is 1. The average Bonchev–Trinajstić information content (AvgIpc) is 2.86. The van der Waals surface area contributed by atoms with Crippen molar-refractivity contribution in [3.05, 3.63) is 41.0 Å². The Morgan fingerprint density at radius 2 is 1.84 bits per heavy atom. The normalized spacial score (nSPS) is 10.5. The molecule has 1 amide bonds. The molecule has 3 nitrogen and oxygen atoms in total. The van der Waals surface area contributed by atoms with Gasteiger partial charge in [0.2, 0.25) is 0 Å². The summed E-state index contributed by atoms with van der Waals surface area (Å²) in [5.41, 5.74) is 4.75. The fourth-order valence-electron chi connectivity index (χ4n) is 2.04. The van der Waals surface area contributed by atoms with E-state index >= 15 is 0 Å². The summed E-state index contributed by atoms with van der Waals surface area (Å²) in [7, 11) is 0. The largest absolute Gasteiger partial charge is 0.339 e. The monoisotopic (exact) mass is 274 g/mol. The Morgan fingerprint density at radius 1 is 1.21 bits per heavy atom. The highest BCUT2D eigenvalue weighted by atomic mass is 32.1. The van der Waals surface area contributed by atoms with Crippen molar-refractivity contribution in [3.63, 3.8) is 0 Å². The van der Waals surface area contributed by atoms with E-state index in [1.54, 1.807) is 11.3 Å². The first kappa shape index (κ1) is 13.7. The number of aryl methyl sites for hydroxylation is 1. The summed E-state index contributed by atoms with van der Waals surface area (Å²) in [6.07, 6.45) is 0. The van der Waals surface area contributed by atoms with Crippen LogP contribution in [0.2, 0.25) is 0 Å². The average molecular weight is 274 g/mol. The van der Waals surface area contributed by atoms with Gasteiger partial charge in [0.15, 0.2) is 0 Å². The second-order valence-corrected chi connectivity index (χ2v) is 5.18. The second kappa shape index (κ2) is 5.97. The van der Waals surface area contributed by atoms with E-state index in [1.807, 2.05) is 55.4 Å². The van der Waals surface area contributed by atoms with Crippen LogP contribution in [0.25, 0.3) is 10.4 Å². The fraction of sp³-hybridized carbons (Fsp3) is 0.333. The molecule has 0 aliphatic heterocycles. The van der Waals surface area contributed by atoms with Crippen LogP contribution in [-0.4, -0.2) is 28.9 Å². The van der Waals surface area contributed by atoms with Crippen molar-refractivity contribution in [2.45, 2.75) is 20.8 Å². The summed E-state index contributed by atoms with van der Waals surface area (Å²) in [5, 5.41) is 0. The standard InChI is InChI=1S/C15H18N2OS/c1-4-17(5-2)15(18)13-8-6-12(7-9-13)14-11(3)16-10-19-14/h6-10H,4-5H2,1-3H3. The smallest absolute Gasteiger partial charge is 0.253 e. The molecule has 1 heterocycles. The first-order valence-corrected chi connectivity index (χ1v) is 7.35. The number of thiazole rings is 1. The van der Waals surface area contributed by atoms with Crippen molar-refractivity contribution < 1.29 is 4.79 Å². The van der Waals surface area contributed by atoms with Gasteiger partial charge < -0.3 is 4.90 Å². The van der Waals surface area contributed by atoms with Gasteiger partial charge in [-0.1, -0.05) is 12.1 Å². The molecule has 0 aliphatic rings. The molecule has 1 aromatic heterocycles. The Bertz CT molecular complexity index is 556. The summed E-state index contributed by atoms with van der Waals surface area (Å²) in [6, 6.07) is 7.79. The van der Waals surface area contributed by atoms with Gasteiger partial charge in [0.1, 0.15) is 0 Å². The van der Waals surface area contributed by atoms with Crippen LogP contribution in [0.3, 0.4) is 0 Å². The third-order valence-corrected chi connectivity index (χ3v) is 4.17. The van der Waals surface area contributed by atoms with Crippen LogP contribution in [0.1, 0.15) is 29.9 Å². The zero-order valence-corrected chi connectivity index (χ0v) is 12.3. The minimum absolute atomic E-state index is 0.0950. The first-order valence-electron chi connectivity index (χ1n) is 6.47. The summed E-state index contributed by atoms with van der Waals surface area (Å²) in [4.78, 5) is 19.4. The lowest BCUT2D eigenvalue weighted by molar-refractivity contribution is 0.0773. The van der Waals surface area contributed by atoms with Crippen LogP contribution in [-0.2, 0) is 0 Å². The Kier molecular flexibility index (Phi) is 4.32. The number of hydrogen-bond acceptors (Lipinski definition) is 3. The van der Waals surface area contributed by atoms with E-state index in [4.69, 9.17) is 0 Å². The van der Waals surface area contributed by atoms with E-state index in [2.05, 4.69) is 4.98 Å². The van der Waals surface area contributed by atoms with Crippen LogP contribution in [0.5, 0.6) is 0 Å². The second-order valence-electron chi connectivity index (χ2n) is 4.32. The predicted molar refractivity (Wildman–Crippen MR) is 79.5 cm³/mol. The number of amides is 1. The molecule has 0 fully saturated rings. The molecule has 0 N–H and O–H groups in total. The Labute approximate surface area is 117 Å². The van der Waals surface area contributed by atoms with Crippen molar-refractivity contribution in [3.8, 4) is 10.4 Å². The summed E-state index contributed by atoms with van der Waals surface area (Å²) in [6.45, 7) is 7.48. The van der Waals surface area contributed by atoms with E-state index in [0.29, 0.717) is 0 Å². The van der Waals surface area contributed by atoms with Gasteiger partial charge in [-0.2, -0.15) is 0 Å². The first-order chi connectivity index (χ1) is 9.17. The van der Waals surface area contributed by atoms with E-state index < -0.39 is 0 Å². The maximum absolute atomic E-state index is 12.2. The third kappa shape index (κ3) is 2.84. The fourth-order valence-corrected chi connectivity index (χ4v) is 2.85. The number of benzene rings is 1. The van der Waals surface area contributed by atoms with Crippen LogP contribution in [0.15, 0.2) is 29.8 Å². The summed E-state index contributed by atoms with van der Waals surface area (Å²) in [5.74, 6) is 0.0950. The van der Waals surface area contributed by atoms with E-state index in [9.17, 15) is 4.79 Å². The zero-order valence-electron chi connectivity index (χ0n) is 11.5. The molecule has 0 saturated heterocycles. The van der Waals surface area contributed by atoms with Gasteiger partial charge in [0.05, 0.1) is 16.1 Å². The number of hydrogen-bond donors (Lipinski definition) is 0. The van der Waals surface area contributed by atoms with E-state index in [1.165, 1.54) is 4.88 Å². The highest BCUT2D eigenvalue weighted by Gasteiger charge is 2.12. The van der Waals surface area contributed by atoms with Gasteiger partial charge in [0, 0.05) is 18.7 Å². The zero-order chi connectivity index (χ0) is 13.8. The quantitative estimate of drug-likeness (QED) is 0.853. The van der Waals surface area contributed by atoms with Crippen LogP contribution in [0.4, 0.5) is 0 Å². The van der Waals surface area contributed by atoms with Crippen molar-refractivity contribution in [2.75, 3.05) is 13.1 Å². The molecule has 0 atom stereocenters. The Morgan fingerprint density at radius 3 is 2.32 bits per heavy atom. The van der Waals surface area contributed by atoms with Gasteiger partial charge >= 0.3 is 0 Å². The number of nitrogens with zero attached hydrogens (tertiary/aromatic N) is 2. The minimum atomic E-state index is 0.0950. The maximum Gasteiger partial charge on any atom is 0.253 e. The van der Waals surface area contributed by atoms with Crippen LogP contribution < -0.4 is 0 Å². The summed E-state index contributed by atoms with van der Waals surface area (Å²) < 4.78 is 0. The van der Waals surface area contributed by atoms with Gasteiger partial charge in [0.25, 0.3) is 5.91 Å². The lowest BCUT2D eigenvalue weighted by atomic mass is 10.1. The van der Waals surface area contributed by atoms with E-state index in [0.717, 1.165) is 29.9 Å². The topological polar surface area (TPSA) is 33.2 Å². The van der Waals surface area contributed by atoms with Crippen molar-refractivity contribution in [2.24, 2.45) is 0 Å². The minimum Gasteiger partial charge on any atom is -0.339 e. The third-order valence-electron chi connectivity index (χ3n) is 3.19. The molecule has 100 valence electrons. The SMILES string of the molecule is CCN(CC)C(=O)c1ccc(-c2scnc2C)cc1. The molecule has 1 aromatic carbocycles. The molecule has 0 unspecified atom stereocenters. The van der Waals surface area contributed by atoms with Gasteiger partial charge in [-0.05, 0) is 38.5 Å². The molecule has 4 heteroatoms. The van der Waals surface area contributed by atoms with Crippen molar-refractivity contribution in [1.29, 1.82) is 0 Å². The highest BCUT2D eigenvalue weighted by Crippen LogP contribution is 2.27. The van der Waals surface area contributed by atoms with Crippen molar-refractivity contribution >= 4 is 17.2 Å². The number of rotatable bonds is 4. The van der Waals surface area contributed by atoms with Crippen LogP contribution in [0, 0.1) is 6.92 Å². The van der Waals surface area contributed by atoms with Gasteiger partial charge in [-0.3, -0.25) is 4.79 Å². The molecule has 2 aromatic rings. The van der Waals surface area contributed by atoms with Crippen LogP contribution >= 0.6 is 11.3 Å². The predicted octanol–water partition coefficient (Wildman–Crippen LogP) is 3.60. The Balaban J connectivity index is 2.24. The maximum atomic E-state index is 12.2. The van der Waals surface area contributed by atoms with Gasteiger partial charge in [-0.25, -0.2) is 4.98 Å². The number of carbonyl (C=O) groups excluding carboxylic acids is 1. The van der Waals surface area contributed by atoms with Crippen molar-refractivity contribution in [1.82, 2.24) is 9.88 Å². The lowest BCUT2D eigenvalue weighted by Crippen LogP contribution is -2.30. The molecular formula is C15H18N2OS. The molecule has 0 radical (unpaired) electrons. The molecule has 0 spiro atoms. The van der Waals surface area contributed by atoms with Gasteiger partial charge in [-0.15, -0.1) is 11.3 Å². The molecule has 0 bridgehead atoms. The Hall–Kier alpha value is -1.68. The highest BCUT2D eigenvalue weighted by molar-refractivity contribution is 7.13. The number of aromatic nitrogens is 1.